The van der Waals surface area contributed by atoms with Gasteiger partial charge >= 0.3 is 5.97 Å². The first-order chi connectivity index (χ1) is 20.1. The molecule has 1 heterocycles. The monoisotopic (exact) mass is 598 g/mol. The minimum Gasteiger partial charge on any atom is -0.466 e. The van der Waals surface area contributed by atoms with E-state index in [4.69, 9.17) is 23.7 Å². The average molecular weight is 599 g/mol. The van der Waals surface area contributed by atoms with Gasteiger partial charge < -0.3 is 28.5 Å². The van der Waals surface area contributed by atoms with Gasteiger partial charge in [-0.15, -0.1) is 0 Å². The molecule has 1 aliphatic heterocycles. The van der Waals surface area contributed by atoms with E-state index in [2.05, 4.69) is 38.7 Å². The Labute approximate surface area is 252 Å². The van der Waals surface area contributed by atoms with Crippen LogP contribution in [-0.4, -0.2) is 65.3 Å². The topological polar surface area (TPSA) is 80.3 Å². The summed E-state index contributed by atoms with van der Waals surface area (Å²) in [6.45, 7) is 13.1. The minimum atomic E-state index is -1.25. The van der Waals surface area contributed by atoms with Crippen molar-refractivity contribution in [1.29, 1.82) is 0 Å². The zero-order valence-corrected chi connectivity index (χ0v) is 27.2. The van der Waals surface area contributed by atoms with Crippen LogP contribution < -0.4 is 0 Å². The first kappa shape index (κ1) is 31.6. The van der Waals surface area contributed by atoms with Crippen molar-refractivity contribution >= 4 is 20.3 Å². The van der Waals surface area contributed by atoms with Gasteiger partial charge in [0.05, 0.1) is 43.5 Å². The SMILES string of the molecule is CCOC(=O)[C@]12CC[C@H](OCc3ccccc3)C[C@@H]1[C@@H](OCOCC[Si](C)(C)C)[C@H]1OCC3=C(CCC3)[C@@]1(C)[C@@H]2C=O. The molecule has 0 spiro atoms. The molecule has 232 valence electrons. The van der Waals surface area contributed by atoms with Crippen molar-refractivity contribution in [3.8, 4) is 0 Å². The van der Waals surface area contributed by atoms with Crippen molar-refractivity contribution in [2.24, 2.45) is 22.7 Å². The van der Waals surface area contributed by atoms with E-state index < -0.39 is 30.9 Å². The fourth-order valence-electron chi connectivity index (χ4n) is 8.32. The largest absolute Gasteiger partial charge is 0.466 e. The number of rotatable bonds is 12. The molecule has 0 N–H and O–H groups in total. The van der Waals surface area contributed by atoms with Crippen molar-refractivity contribution in [3.63, 3.8) is 0 Å². The number of hydrogen-bond acceptors (Lipinski definition) is 7. The van der Waals surface area contributed by atoms with E-state index in [0.29, 0.717) is 39.1 Å². The molecule has 8 heteroatoms. The van der Waals surface area contributed by atoms with E-state index in [0.717, 1.165) is 37.2 Å². The van der Waals surface area contributed by atoms with Crippen LogP contribution in [0, 0.1) is 22.7 Å². The Morgan fingerprint density at radius 3 is 2.64 bits per heavy atom. The Morgan fingerprint density at radius 1 is 1.14 bits per heavy atom. The molecule has 4 aliphatic rings. The third-order valence-electron chi connectivity index (χ3n) is 10.4. The molecule has 0 amide bonds. The normalized spacial score (nSPS) is 34.4. The molecule has 0 bridgehead atoms. The lowest BCUT2D eigenvalue weighted by atomic mass is 9.43. The van der Waals surface area contributed by atoms with Crippen LogP contribution in [0.25, 0.3) is 0 Å². The highest BCUT2D eigenvalue weighted by molar-refractivity contribution is 6.76. The number of benzene rings is 1. The third kappa shape index (κ3) is 5.94. The Kier molecular flexibility index (Phi) is 9.79. The number of ether oxygens (including phenoxy) is 5. The molecule has 0 aromatic heterocycles. The standard InChI is InChI=1S/C34H50O7Si/c1-6-38-32(36)34-16-15-26(39-21-24-11-8-7-9-12-24)19-28(34)30(41-23-37-17-18-42(3,4)5)31-33(2,29(34)20-35)27-14-10-13-25(27)22-40-31/h7-9,11-12,20,26,28-31H,6,10,13-19,21-23H2,1-5H3/t26-,28+,29-,30+,31+,33-,34+/m0/s1. The maximum atomic E-state index is 14.2. The highest BCUT2D eigenvalue weighted by atomic mass is 28.3. The first-order valence-corrected chi connectivity index (χ1v) is 19.7. The molecule has 7 atom stereocenters. The van der Waals surface area contributed by atoms with Gasteiger partial charge in [0.2, 0.25) is 0 Å². The van der Waals surface area contributed by atoms with Gasteiger partial charge in [-0.2, -0.15) is 0 Å². The fraction of sp³-hybridized carbons (Fsp3) is 0.706. The highest BCUT2D eigenvalue weighted by Gasteiger charge is 2.71. The van der Waals surface area contributed by atoms with E-state index in [-0.39, 0.29) is 37.5 Å². The van der Waals surface area contributed by atoms with Crippen LogP contribution >= 0.6 is 0 Å². The number of fused-ring (bicyclic) bond motifs is 3. The summed E-state index contributed by atoms with van der Waals surface area (Å²) in [6, 6.07) is 11.2. The van der Waals surface area contributed by atoms with E-state index in [1.54, 1.807) is 0 Å². The van der Waals surface area contributed by atoms with E-state index in [1.165, 1.54) is 11.1 Å². The van der Waals surface area contributed by atoms with Crippen LogP contribution in [0.5, 0.6) is 0 Å². The summed E-state index contributed by atoms with van der Waals surface area (Å²) in [6.07, 6.45) is 4.95. The van der Waals surface area contributed by atoms with Gasteiger partial charge in [0.1, 0.15) is 13.1 Å². The van der Waals surface area contributed by atoms with Crippen LogP contribution in [0.15, 0.2) is 41.5 Å². The molecule has 2 saturated carbocycles. The van der Waals surface area contributed by atoms with Crippen molar-refractivity contribution in [1.82, 2.24) is 0 Å². The van der Waals surface area contributed by atoms with E-state index >= 15 is 0 Å². The molecule has 1 aromatic carbocycles. The Bertz CT molecular complexity index is 1130. The Hall–Kier alpha value is -1.84. The fourth-order valence-corrected chi connectivity index (χ4v) is 9.08. The summed E-state index contributed by atoms with van der Waals surface area (Å²) in [4.78, 5) is 27.5. The van der Waals surface area contributed by atoms with Crippen molar-refractivity contribution in [3.05, 3.63) is 47.0 Å². The number of carbonyl (C=O) groups excluding carboxylic acids is 2. The Morgan fingerprint density at radius 2 is 1.93 bits per heavy atom. The number of carbonyl (C=O) groups is 2. The van der Waals surface area contributed by atoms with Gasteiger partial charge in [-0.3, -0.25) is 4.79 Å². The molecular formula is C34H50O7Si. The second kappa shape index (κ2) is 13.0. The molecule has 2 fully saturated rings. The molecule has 1 aromatic rings. The lowest BCUT2D eigenvalue weighted by Gasteiger charge is -2.63. The molecule has 0 unspecified atom stereocenters. The summed E-state index contributed by atoms with van der Waals surface area (Å²) in [5, 5.41) is 0. The zero-order valence-electron chi connectivity index (χ0n) is 26.2. The maximum absolute atomic E-state index is 14.2. The van der Waals surface area contributed by atoms with Crippen LogP contribution in [0.3, 0.4) is 0 Å². The lowest BCUT2D eigenvalue weighted by molar-refractivity contribution is -0.261. The first-order valence-electron chi connectivity index (χ1n) is 16.0. The lowest BCUT2D eigenvalue weighted by Crippen LogP contribution is -2.70. The van der Waals surface area contributed by atoms with Gasteiger partial charge in [-0.05, 0) is 62.6 Å². The second-order valence-electron chi connectivity index (χ2n) is 14.1. The average Bonchev–Trinajstić information content (AvgIpc) is 3.46. The smallest absolute Gasteiger partial charge is 0.313 e. The highest BCUT2D eigenvalue weighted by Crippen LogP contribution is 2.65. The predicted octanol–water partition coefficient (Wildman–Crippen LogP) is 6.33. The van der Waals surface area contributed by atoms with Crippen molar-refractivity contribution in [2.75, 3.05) is 26.6 Å². The molecular weight excluding hydrogens is 548 g/mol. The summed E-state index contributed by atoms with van der Waals surface area (Å²) in [5.41, 5.74) is 2.05. The Balaban J connectivity index is 1.49. The number of hydrogen-bond donors (Lipinski definition) is 0. The molecule has 5 rings (SSSR count). The molecule has 42 heavy (non-hydrogen) atoms. The van der Waals surface area contributed by atoms with Gasteiger partial charge in [0.15, 0.2) is 0 Å². The van der Waals surface area contributed by atoms with Gasteiger partial charge in [0, 0.05) is 31.9 Å². The van der Waals surface area contributed by atoms with E-state index in [9.17, 15) is 9.59 Å². The van der Waals surface area contributed by atoms with Crippen LogP contribution in [0.4, 0.5) is 0 Å². The van der Waals surface area contributed by atoms with Crippen LogP contribution in [0.1, 0.15) is 57.9 Å². The van der Waals surface area contributed by atoms with Gasteiger partial charge in [0.25, 0.3) is 0 Å². The van der Waals surface area contributed by atoms with Gasteiger partial charge in [-0.1, -0.05) is 62.5 Å². The van der Waals surface area contributed by atoms with Crippen molar-refractivity contribution in [2.45, 2.75) is 103 Å². The minimum absolute atomic E-state index is 0.0711. The summed E-state index contributed by atoms with van der Waals surface area (Å²) < 4.78 is 31.7. The number of aldehydes is 1. The van der Waals surface area contributed by atoms with Crippen LogP contribution in [-0.2, 0) is 39.9 Å². The summed E-state index contributed by atoms with van der Waals surface area (Å²) in [7, 11) is -1.25. The maximum Gasteiger partial charge on any atom is 0.313 e. The van der Waals surface area contributed by atoms with Crippen LogP contribution in [0.2, 0.25) is 25.7 Å². The molecule has 3 aliphatic carbocycles. The van der Waals surface area contributed by atoms with Crippen molar-refractivity contribution < 1.29 is 33.3 Å². The third-order valence-corrected chi connectivity index (χ3v) is 12.1. The molecule has 0 saturated heterocycles. The zero-order chi connectivity index (χ0) is 30.0. The molecule has 7 nitrogen and oxygen atoms in total. The summed E-state index contributed by atoms with van der Waals surface area (Å²) in [5.74, 6) is -1.15. The van der Waals surface area contributed by atoms with Gasteiger partial charge in [-0.25, -0.2) is 0 Å². The number of esters is 1. The predicted molar refractivity (Wildman–Crippen MR) is 164 cm³/mol. The summed E-state index contributed by atoms with van der Waals surface area (Å²) >= 11 is 0. The second-order valence-corrected chi connectivity index (χ2v) is 19.7. The van der Waals surface area contributed by atoms with E-state index in [1.807, 2.05) is 25.1 Å². The quantitative estimate of drug-likeness (QED) is 0.0694. The molecule has 0 radical (unpaired) electrons.